The molecule has 0 aliphatic rings. The van der Waals surface area contributed by atoms with Gasteiger partial charge < -0.3 is 21.1 Å². The van der Waals surface area contributed by atoms with Gasteiger partial charge in [0.15, 0.2) is 0 Å². The molecule has 0 radical (unpaired) electrons. The minimum absolute atomic E-state index is 0.273. The van der Waals surface area contributed by atoms with E-state index in [0.717, 1.165) is 5.56 Å². The number of methoxy groups -OCH3 is 1. The summed E-state index contributed by atoms with van der Waals surface area (Å²) in [6.45, 7) is 7.74. The Morgan fingerprint density at radius 2 is 1.96 bits per heavy atom. The zero-order valence-electron chi connectivity index (χ0n) is 14.5. The van der Waals surface area contributed by atoms with Crippen LogP contribution in [-0.4, -0.2) is 23.0 Å². The highest BCUT2D eigenvalue weighted by Crippen LogP contribution is 2.12. The smallest absolute Gasteiger partial charge is 0.255 e. The Morgan fingerprint density at radius 3 is 2.58 bits per heavy atom. The van der Waals surface area contributed by atoms with Gasteiger partial charge in [0.2, 0.25) is 5.88 Å². The molecule has 0 bridgehead atoms. The predicted octanol–water partition coefficient (Wildman–Crippen LogP) is 2.37. The second kappa shape index (κ2) is 9.03. The third-order valence-corrected chi connectivity index (χ3v) is 3.52. The van der Waals surface area contributed by atoms with Crippen molar-refractivity contribution in [1.29, 1.82) is 0 Å². The van der Waals surface area contributed by atoms with Crippen LogP contribution in [0.1, 0.15) is 15.9 Å². The van der Waals surface area contributed by atoms with Crippen LogP contribution in [0.3, 0.4) is 0 Å². The van der Waals surface area contributed by atoms with Crippen molar-refractivity contribution >= 4 is 11.7 Å². The molecule has 26 heavy (non-hydrogen) atoms. The van der Waals surface area contributed by atoms with Crippen LogP contribution < -0.4 is 21.1 Å². The van der Waals surface area contributed by atoms with E-state index in [1.165, 1.54) is 18.5 Å². The molecule has 2 aromatic rings. The van der Waals surface area contributed by atoms with Crippen molar-refractivity contribution in [1.82, 2.24) is 15.3 Å². The van der Waals surface area contributed by atoms with E-state index in [1.807, 2.05) is 12.1 Å². The number of aromatic nitrogens is 2. The fourth-order valence-electron chi connectivity index (χ4n) is 2.06. The van der Waals surface area contributed by atoms with Crippen LogP contribution in [0, 0.1) is 0 Å². The number of amides is 1. The summed E-state index contributed by atoms with van der Waals surface area (Å²) in [5, 5.41) is 5.87. The Bertz CT molecular complexity index is 828. The quantitative estimate of drug-likeness (QED) is 0.631. The SMILES string of the molecule is C=C/C(N)=C(\C=C)NC(=O)c1ccc(CNc2cc(OC)ncn2)cc1. The number of nitrogens with one attached hydrogen (secondary N) is 2. The van der Waals surface area contributed by atoms with Gasteiger partial charge in [-0.3, -0.25) is 4.79 Å². The summed E-state index contributed by atoms with van der Waals surface area (Å²) in [6, 6.07) is 8.88. The number of nitrogens with two attached hydrogens (primary N) is 1. The van der Waals surface area contributed by atoms with Crippen LogP contribution in [0.2, 0.25) is 0 Å². The highest BCUT2D eigenvalue weighted by Gasteiger charge is 2.08. The van der Waals surface area contributed by atoms with Gasteiger partial charge in [0.25, 0.3) is 5.91 Å². The molecule has 1 aromatic heterocycles. The van der Waals surface area contributed by atoms with E-state index >= 15 is 0 Å². The van der Waals surface area contributed by atoms with E-state index in [9.17, 15) is 4.79 Å². The van der Waals surface area contributed by atoms with Crippen LogP contribution in [-0.2, 0) is 6.54 Å². The Labute approximate surface area is 152 Å². The minimum Gasteiger partial charge on any atom is -0.481 e. The standard InChI is InChI=1S/C19H21N5O2/c1-4-15(20)16(5-2)24-19(25)14-8-6-13(7-9-14)11-21-17-10-18(26-3)23-12-22-17/h4-10,12H,1-2,11,20H2,3H3,(H,24,25)(H,21,22,23)/b16-15-. The van der Waals surface area contributed by atoms with Crippen LogP contribution in [0.5, 0.6) is 5.88 Å². The number of allylic oxidation sites excluding steroid dienone is 2. The molecule has 0 saturated heterocycles. The van der Waals surface area contributed by atoms with E-state index in [2.05, 4.69) is 33.8 Å². The summed E-state index contributed by atoms with van der Waals surface area (Å²) in [5.74, 6) is 0.864. The first kappa shape index (κ1) is 18.7. The minimum atomic E-state index is -0.273. The number of carbonyl (C=O) groups excluding carboxylic acids is 1. The zero-order chi connectivity index (χ0) is 18.9. The summed E-state index contributed by atoms with van der Waals surface area (Å²) < 4.78 is 5.05. The normalized spacial score (nSPS) is 11.1. The highest BCUT2D eigenvalue weighted by atomic mass is 16.5. The molecule has 0 saturated carbocycles. The number of hydrogen-bond donors (Lipinski definition) is 3. The summed E-state index contributed by atoms with van der Waals surface area (Å²) >= 11 is 0. The van der Waals surface area contributed by atoms with Gasteiger partial charge in [-0.15, -0.1) is 0 Å². The average Bonchev–Trinajstić information content (AvgIpc) is 2.70. The average molecular weight is 351 g/mol. The van der Waals surface area contributed by atoms with Gasteiger partial charge in [0.1, 0.15) is 12.1 Å². The molecule has 1 amide bonds. The lowest BCUT2D eigenvalue weighted by atomic mass is 10.1. The zero-order valence-corrected chi connectivity index (χ0v) is 14.5. The first-order valence-corrected chi connectivity index (χ1v) is 7.82. The first-order chi connectivity index (χ1) is 12.6. The summed E-state index contributed by atoms with van der Waals surface area (Å²) in [6.07, 6.45) is 4.35. The summed E-state index contributed by atoms with van der Waals surface area (Å²) in [5.41, 5.74) is 8.02. The van der Waals surface area contributed by atoms with E-state index in [1.54, 1.807) is 25.3 Å². The van der Waals surface area contributed by atoms with E-state index < -0.39 is 0 Å². The summed E-state index contributed by atoms with van der Waals surface area (Å²) in [7, 11) is 1.55. The molecule has 134 valence electrons. The fourth-order valence-corrected chi connectivity index (χ4v) is 2.06. The molecule has 0 aliphatic carbocycles. The fraction of sp³-hybridized carbons (Fsp3) is 0.105. The molecule has 0 atom stereocenters. The molecule has 4 N–H and O–H groups in total. The van der Waals surface area contributed by atoms with Crippen LogP contribution in [0.25, 0.3) is 0 Å². The molecule has 1 aromatic carbocycles. The van der Waals surface area contributed by atoms with E-state index in [4.69, 9.17) is 10.5 Å². The Balaban J connectivity index is 2.00. The number of rotatable bonds is 8. The van der Waals surface area contributed by atoms with Crippen molar-refractivity contribution in [3.63, 3.8) is 0 Å². The molecule has 0 unspecified atom stereocenters. The third-order valence-electron chi connectivity index (χ3n) is 3.52. The van der Waals surface area contributed by atoms with Gasteiger partial charge in [-0.2, -0.15) is 0 Å². The molecule has 7 nitrogen and oxygen atoms in total. The number of carbonyl (C=O) groups is 1. The predicted molar refractivity (Wildman–Crippen MR) is 101 cm³/mol. The van der Waals surface area contributed by atoms with Gasteiger partial charge in [-0.05, 0) is 29.8 Å². The van der Waals surface area contributed by atoms with Gasteiger partial charge in [0, 0.05) is 18.2 Å². The Hall–Kier alpha value is -3.61. The monoisotopic (exact) mass is 351 g/mol. The number of ether oxygens (including phenoxy) is 1. The lowest BCUT2D eigenvalue weighted by molar-refractivity contribution is 0.0967. The molecule has 0 fully saturated rings. The second-order valence-electron chi connectivity index (χ2n) is 5.23. The molecule has 2 rings (SSSR count). The van der Waals surface area contributed by atoms with Crippen molar-refractivity contribution < 1.29 is 9.53 Å². The number of anilines is 1. The molecule has 1 heterocycles. The Kier molecular flexibility index (Phi) is 6.50. The lowest BCUT2D eigenvalue weighted by Crippen LogP contribution is -2.24. The maximum absolute atomic E-state index is 12.3. The van der Waals surface area contributed by atoms with Crippen molar-refractivity contribution in [2.75, 3.05) is 12.4 Å². The van der Waals surface area contributed by atoms with Crippen LogP contribution in [0.4, 0.5) is 5.82 Å². The maximum atomic E-state index is 12.3. The van der Waals surface area contributed by atoms with Crippen molar-refractivity contribution in [3.8, 4) is 5.88 Å². The van der Waals surface area contributed by atoms with Crippen LogP contribution in [0.15, 0.2) is 73.4 Å². The van der Waals surface area contributed by atoms with Gasteiger partial charge in [0.05, 0.1) is 18.5 Å². The van der Waals surface area contributed by atoms with Crippen molar-refractivity contribution in [3.05, 3.63) is 84.5 Å². The number of hydrogen-bond acceptors (Lipinski definition) is 6. The largest absolute Gasteiger partial charge is 0.481 e. The molecular weight excluding hydrogens is 330 g/mol. The topological polar surface area (TPSA) is 102 Å². The Morgan fingerprint density at radius 1 is 1.23 bits per heavy atom. The molecule has 0 aliphatic heterocycles. The highest BCUT2D eigenvalue weighted by molar-refractivity contribution is 5.95. The maximum Gasteiger partial charge on any atom is 0.255 e. The van der Waals surface area contributed by atoms with Gasteiger partial charge in [-0.1, -0.05) is 25.3 Å². The molecular formula is C19H21N5O2. The first-order valence-electron chi connectivity index (χ1n) is 7.82. The van der Waals surface area contributed by atoms with Gasteiger partial charge >= 0.3 is 0 Å². The van der Waals surface area contributed by atoms with Gasteiger partial charge in [-0.25, -0.2) is 9.97 Å². The van der Waals surface area contributed by atoms with E-state index in [-0.39, 0.29) is 5.91 Å². The van der Waals surface area contributed by atoms with Crippen molar-refractivity contribution in [2.24, 2.45) is 5.73 Å². The van der Waals surface area contributed by atoms with Crippen LogP contribution >= 0.6 is 0 Å². The van der Waals surface area contributed by atoms with Crippen molar-refractivity contribution in [2.45, 2.75) is 6.54 Å². The lowest BCUT2D eigenvalue weighted by Gasteiger charge is -2.09. The molecule has 7 heteroatoms. The summed E-state index contributed by atoms with van der Waals surface area (Å²) in [4.78, 5) is 20.3. The van der Waals surface area contributed by atoms with E-state index in [0.29, 0.717) is 35.2 Å². The number of benzene rings is 1. The molecule has 0 spiro atoms. The third kappa shape index (κ3) is 4.94. The number of nitrogens with zero attached hydrogens (tertiary/aromatic N) is 2. The second-order valence-corrected chi connectivity index (χ2v) is 5.23.